The van der Waals surface area contributed by atoms with E-state index in [0.29, 0.717) is 5.56 Å². The monoisotopic (exact) mass is 430 g/mol. The first-order valence-electron chi connectivity index (χ1n) is 11.1. The lowest BCUT2D eigenvalue weighted by Gasteiger charge is -2.34. The zero-order valence-electron chi connectivity index (χ0n) is 18.9. The van der Waals surface area contributed by atoms with E-state index < -0.39 is 0 Å². The number of anilines is 1. The van der Waals surface area contributed by atoms with Gasteiger partial charge >= 0.3 is 0 Å². The van der Waals surface area contributed by atoms with Crippen molar-refractivity contribution >= 4 is 11.6 Å². The molecule has 1 amide bonds. The first-order chi connectivity index (χ1) is 15.4. The molecule has 1 aliphatic rings. The SMILES string of the molecule is Cc1ccc(N2CCN(C)CC2)cc1C(=O)N[C@H](C)c1cccc(-c2cccc(=O)[nH]2)c1. The molecule has 0 unspecified atom stereocenters. The molecule has 3 aromatic rings. The molecule has 2 N–H and O–H groups in total. The number of pyridine rings is 1. The maximum atomic E-state index is 13.2. The summed E-state index contributed by atoms with van der Waals surface area (Å²) in [5.74, 6) is -0.0792. The lowest BCUT2D eigenvalue weighted by molar-refractivity contribution is 0.0939. The number of aryl methyl sites for hydroxylation is 1. The minimum atomic E-state index is -0.176. The normalized spacial score (nSPS) is 15.4. The van der Waals surface area contributed by atoms with Crippen molar-refractivity contribution in [3.63, 3.8) is 0 Å². The summed E-state index contributed by atoms with van der Waals surface area (Å²) in [6.07, 6.45) is 0. The van der Waals surface area contributed by atoms with Crippen molar-refractivity contribution in [1.82, 2.24) is 15.2 Å². The van der Waals surface area contributed by atoms with Gasteiger partial charge in [0.2, 0.25) is 5.56 Å². The Morgan fingerprint density at radius 3 is 2.50 bits per heavy atom. The predicted octanol–water partition coefficient (Wildman–Crippen LogP) is 3.59. The van der Waals surface area contributed by atoms with Crippen LogP contribution in [0.25, 0.3) is 11.3 Å². The Balaban J connectivity index is 1.51. The fraction of sp³-hybridized carbons (Fsp3) is 0.308. The van der Waals surface area contributed by atoms with Crippen LogP contribution in [0.2, 0.25) is 0 Å². The zero-order valence-corrected chi connectivity index (χ0v) is 18.9. The molecule has 1 aromatic heterocycles. The van der Waals surface area contributed by atoms with Gasteiger partial charge in [-0.15, -0.1) is 0 Å². The maximum absolute atomic E-state index is 13.2. The molecule has 2 aromatic carbocycles. The van der Waals surface area contributed by atoms with E-state index in [4.69, 9.17) is 0 Å². The average molecular weight is 431 g/mol. The number of H-pyrrole nitrogens is 1. The molecule has 32 heavy (non-hydrogen) atoms. The minimum Gasteiger partial charge on any atom is -0.369 e. The number of likely N-dealkylation sites (N-methyl/N-ethyl adjacent to an activating group) is 1. The molecule has 4 rings (SSSR count). The molecule has 6 nitrogen and oxygen atoms in total. The van der Waals surface area contributed by atoms with Crippen molar-refractivity contribution in [3.05, 3.63) is 87.7 Å². The van der Waals surface area contributed by atoms with Crippen molar-refractivity contribution in [2.24, 2.45) is 0 Å². The third-order valence-corrected chi connectivity index (χ3v) is 6.15. The van der Waals surface area contributed by atoms with E-state index >= 15 is 0 Å². The molecule has 0 bridgehead atoms. The third kappa shape index (κ3) is 4.92. The first-order valence-corrected chi connectivity index (χ1v) is 11.1. The first kappa shape index (κ1) is 21.8. The van der Waals surface area contributed by atoms with Crippen LogP contribution in [-0.2, 0) is 0 Å². The number of nitrogens with one attached hydrogen (secondary N) is 2. The summed E-state index contributed by atoms with van der Waals surface area (Å²) in [5.41, 5.74) is 5.28. The molecule has 1 atom stereocenters. The number of aromatic amines is 1. The number of aromatic nitrogens is 1. The lowest BCUT2D eigenvalue weighted by Crippen LogP contribution is -2.44. The zero-order chi connectivity index (χ0) is 22.7. The summed E-state index contributed by atoms with van der Waals surface area (Å²) < 4.78 is 0. The molecule has 6 heteroatoms. The molecule has 0 spiro atoms. The second kappa shape index (κ2) is 9.40. The van der Waals surface area contributed by atoms with Crippen molar-refractivity contribution in [1.29, 1.82) is 0 Å². The van der Waals surface area contributed by atoms with Gasteiger partial charge in [0.15, 0.2) is 0 Å². The topological polar surface area (TPSA) is 68.4 Å². The fourth-order valence-corrected chi connectivity index (χ4v) is 4.07. The number of benzene rings is 2. The number of carbonyl (C=O) groups excluding carboxylic acids is 1. The van der Waals surface area contributed by atoms with Crippen LogP contribution in [0.1, 0.15) is 34.5 Å². The fourth-order valence-electron chi connectivity index (χ4n) is 4.07. The minimum absolute atomic E-state index is 0.0792. The second-order valence-corrected chi connectivity index (χ2v) is 8.54. The lowest BCUT2D eigenvalue weighted by atomic mass is 10.0. The van der Waals surface area contributed by atoms with Crippen molar-refractivity contribution in [2.45, 2.75) is 19.9 Å². The highest BCUT2D eigenvalue weighted by atomic mass is 16.1. The van der Waals surface area contributed by atoms with Crippen LogP contribution in [0.15, 0.2) is 65.5 Å². The third-order valence-electron chi connectivity index (χ3n) is 6.15. The summed E-state index contributed by atoms with van der Waals surface area (Å²) in [7, 11) is 2.14. The van der Waals surface area contributed by atoms with E-state index in [1.807, 2.05) is 56.3 Å². The van der Waals surface area contributed by atoms with E-state index in [9.17, 15) is 9.59 Å². The number of amides is 1. The number of rotatable bonds is 5. The average Bonchev–Trinajstić information content (AvgIpc) is 2.80. The van der Waals surface area contributed by atoms with Crippen LogP contribution in [0.4, 0.5) is 5.69 Å². The predicted molar refractivity (Wildman–Crippen MR) is 129 cm³/mol. The van der Waals surface area contributed by atoms with Crippen LogP contribution in [0, 0.1) is 6.92 Å². The second-order valence-electron chi connectivity index (χ2n) is 8.54. The van der Waals surface area contributed by atoms with Gasteiger partial charge in [0, 0.05) is 49.2 Å². The Hall–Kier alpha value is -3.38. The number of hydrogen-bond donors (Lipinski definition) is 2. The molecule has 1 fully saturated rings. The van der Waals surface area contributed by atoms with Crippen LogP contribution >= 0.6 is 0 Å². The van der Waals surface area contributed by atoms with E-state index in [2.05, 4.69) is 33.2 Å². The van der Waals surface area contributed by atoms with Crippen LogP contribution in [0.5, 0.6) is 0 Å². The summed E-state index contributed by atoms with van der Waals surface area (Å²) in [6, 6.07) is 19.0. The molecule has 166 valence electrons. The van der Waals surface area contributed by atoms with Gasteiger partial charge < -0.3 is 20.1 Å². The van der Waals surface area contributed by atoms with Gasteiger partial charge in [-0.2, -0.15) is 0 Å². The van der Waals surface area contributed by atoms with Crippen LogP contribution in [0.3, 0.4) is 0 Å². The van der Waals surface area contributed by atoms with Gasteiger partial charge in [0.05, 0.1) is 6.04 Å². The van der Waals surface area contributed by atoms with E-state index in [-0.39, 0.29) is 17.5 Å². The van der Waals surface area contributed by atoms with Gasteiger partial charge in [-0.05, 0) is 61.9 Å². The van der Waals surface area contributed by atoms with Crippen molar-refractivity contribution in [3.8, 4) is 11.3 Å². The maximum Gasteiger partial charge on any atom is 0.252 e. The summed E-state index contributed by atoms with van der Waals surface area (Å²) in [6.45, 7) is 7.92. The Morgan fingerprint density at radius 2 is 1.75 bits per heavy atom. The van der Waals surface area contributed by atoms with Gasteiger partial charge in [-0.1, -0.05) is 30.3 Å². The van der Waals surface area contributed by atoms with Gasteiger partial charge in [0.1, 0.15) is 0 Å². The van der Waals surface area contributed by atoms with E-state index in [1.165, 1.54) is 6.07 Å². The van der Waals surface area contributed by atoms with Crippen LogP contribution in [-0.4, -0.2) is 49.0 Å². The van der Waals surface area contributed by atoms with Crippen molar-refractivity contribution in [2.75, 3.05) is 38.1 Å². The molecule has 2 heterocycles. The summed E-state index contributed by atoms with van der Waals surface area (Å²) in [4.78, 5) is 32.3. The molecular weight excluding hydrogens is 400 g/mol. The Bertz CT molecular complexity index is 1160. The Labute approximate surface area is 188 Å². The molecule has 1 aliphatic heterocycles. The van der Waals surface area contributed by atoms with Crippen LogP contribution < -0.4 is 15.8 Å². The smallest absolute Gasteiger partial charge is 0.252 e. The number of carbonyl (C=O) groups is 1. The Morgan fingerprint density at radius 1 is 1.00 bits per heavy atom. The highest BCUT2D eigenvalue weighted by Gasteiger charge is 2.18. The Kier molecular flexibility index (Phi) is 6.42. The van der Waals surface area contributed by atoms with Gasteiger partial charge in [-0.3, -0.25) is 9.59 Å². The van der Waals surface area contributed by atoms with Gasteiger partial charge in [-0.25, -0.2) is 0 Å². The molecule has 0 radical (unpaired) electrons. The largest absolute Gasteiger partial charge is 0.369 e. The quantitative estimate of drug-likeness (QED) is 0.649. The van der Waals surface area contributed by atoms with E-state index in [1.54, 1.807) is 6.07 Å². The highest BCUT2D eigenvalue weighted by Crippen LogP contribution is 2.24. The van der Waals surface area contributed by atoms with E-state index in [0.717, 1.165) is 54.3 Å². The number of nitrogens with zero attached hydrogens (tertiary/aromatic N) is 2. The standard InChI is InChI=1S/C26H30N4O2/c1-18-10-11-22(30-14-12-29(3)13-15-30)17-23(18)26(32)27-19(2)20-6-4-7-21(16-20)24-8-5-9-25(31)28-24/h4-11,16-17,19H,12-15H2,1-3H3,(H,27,32)(H,28,31)/t19-/m1/s1. The highest BCUT2D eigenvalue weighted by molar-refractivity contribution is 5.96. The van der Waals surface area contributed by atoms with Crippen molar-refractivity contribution < 1.29 is 4.79 Å². The number of hydrogen-bond acceptors (Lipinski definition) is 4. The summed E-state index contributed by atoms with van der Waals surface area (Å²) >= 11 is 0. The van der Waals surface area contributed by atoms with Gasteiger partial charge in [0.25, 0.3) is 5.91 Å². The molecular formula is C26H30N4O2. The summed E-state index contributed by atoms with van der Waals surface area (Å²) in [5, 5.41) is 3.14. The number of piperazine rings is 1. The molecule has 1 saturated heterocycles. The molecule has 0 saturated carbocycles. The molecule has 0 aliphatic carbocycles.